The van der Waals surface area contributed by atoms with Crippen molar-refractivity contribution in [1.29, 1.82) is 0 Å². The van der Waals surface area contributed by atoms with Crippen LogP contribution in [-0.4, -0.2) is 83.3 Å². The van der Waals surface area contributed by atoms with Gasteiger partial charge in [-0.25, -0.2) is 0 Å². The maximum Gasteiger partial charge on any atom is 0.269 e. The second kappa shape index (κ2) is 10.7. The van der Waals surface area contributed by atoms with Crippen molar-refractivity contribution < 1.29 is 9.90 Å². The number of benzene rings is 1. The van der Waals surface area contributed by atoms with Crippen LogP contribution in [0, 0.1) is 0 Å². The van der Waals surface area contributed by atoms with E-state index >= 15 is 0 Å². The average molecular weight is 503 g/mol. The van der Waals surface area contributed by atoms with Gasteiger partial charge in [0, 0.05) is 63.1 Å². The van der Waals surface area contributed by atoms with Gasteiger partial charge in [-0.15, -0.1) is 0 Å². The topological polar surface area (TPSA) is 124 Å². The number of aromatic nitrogens is 3. The normalized spacial score (nSPS) is 18.0. The zero-order valence-electron chi connectivity index (χ0n) is 21.4. The van der Waals surface area contributed by atoms with Gasteiger partial charge in [0.1, 0.15) is 17.3 Å². The number of rotatable bonds is 6. The minimum atomic E-state index is -0.296. The summed E-state index contributed by atoms with van der Waals surface area (Å²) in [5, 5.41) is 11.5. The molecule has 4 N–H and O–H groups in total. The number of anilines is 3. The summed E-state index contributed by atoms with van der Waals surface area (Å²) in [4.78, 5) is 32.5. The molecule has 37 heavy (non-hydrogen) atoms. The number of aliphatic hydroxyl groups excluding tert-OH is 1. The molecule has 1 atom stereocenters. The van der Waals surface area contributed by atoms with Crippen molar-refractivity contribution in [3.05, 3.63) is 59.4 Å². The molecule has 1 aromatic carbocycles. The zero-order valence-corrected chi connectivity index (χ0v) is 21.4. The summed E-state index contributed by atoms with van der Waals surface area (Å²) in [6.07, 6.45) is 2.62. The van der Waals surface area contributed by atoms with Crippen LogP contribution in [0.1, 0.15) is 28.5 Å². The van der Waals surface area contributed by atoms with Crippen LogP contribution in [0.2, 0.25) is 0 Å². The predicted octanol–water partition coefficient (Wildman–Crippen LogP) is 1.55. The highest BCUT2D eigenvalue weighted by Gasteiger charge is 2.26. The average Bonchev–Trinajstić information content (AvgIpc) is 2.91. The number of nitrogen functional groups attached to an aromatic ring is 1. The monoisotopic (exact) mass is 502 g/mol. The van der Waals surface area contributed by atoms with E-state index in [0.29, 0.717) is 11.6 Å². The summed E-state index contributed by atoms with van der Waals surface area (Å²) in [6, 6.07) is 12.4. The van der Waals surface area contributed by atoms with Crippen LogP contribution in [0.4, 0.5) is 17.6 Å². The number of likely N-dealkylation sites (N-methyl/N-ethyl adjacent to an activating group) is 1. The number of hydrogen-bond acceptors (Lipinski definition) is 9. The summed E-state index contributed by atoms with van der Waals surface area (Å²) in [7, 11) is 2.14. The number of nitrogens with two attached hydrogens (primary N) is 1. The summed E-state index contributed by atoms with van der Waals surface area (Å²) in [5.41, 5.74) is 11.0. The van der Waals surface area contributed by atoms with Crippen LogP contribution in [-0.2, 0) is 13.0 Å². The van der Waals surface area contributed by atoms with Crippen LogP contribution in [0.25, 0.3) is 11.1 Å². The molecule has 1 amide bonds. The molecular formula is C27H34N8O2. The molecule has 4 heterocycles. The van der Waals surface area contributed by atoms with E-state index in [2.05, 4.69) is 73.2 Å². The molecule has 3 aromatic rings. The Morgan fingerprint density at radius 2 is 1.81 bits per heavy atom. The molecule has 2 aliphatic heterocycles. The van der Waals surface area contributed by atoms with Crippen molar-refractivity contribution in [1.82, 2.24) is 25.2 Å². The molecule has 0 radical (unpaired) electrons. The first-order valence-electron chi connectivity index (χ1n) is 12.7. The van der Waals surface area contributed by atoms with Crippen molar-refractivity contribution in [3.8, 4) is 11.1 Å². The number of nitrogens with one attached hydrogen (secondary N) is 1. The zero-order chi connectivity index (χ0) is 25.9. The van der Waals surface area contributed by atoms with E-state index in [1.54, 1.807) is 12.3 Å². The quantitative estimate of drug-likeness (QED) is 0.460. The molecule has 2 aromatic heterocycles. The fraction of sp³-hybridized carbons (Fsp3) is 0.407. The van der Waals surface area contributed by atoms with Crippen molar-refractivity contribution in [2.45, 2.75) is 25.9 Å². The highest BCUT2D eigenvalue weighted by atomic mass is 16.3. The molecule has 1 fully saturated rings. The standard InChI is InChI=1S/C27H34N8O2/c1-18-13-19-3-4-20(21-5-6-23(30-16-21)26(37)29-7-12-36)14-22(19)17-35(18)25-15-24(31-27(28)32-25)34-10-8-33(2)9-11-34/h3-6,14-16,18,36H,7-13,17H2,1-2H3,(H,29,37)(H2,28,31,32). The summed E-state index contributed by atoms with van der Waals surface area (Å²) in [5.74, 6) is 1.74. The second-order valence-corrected chi connectivity index (χ2v) is 9.81. The molecule has 1 unspecified atom stereocenters. The highest BCUT2D eigenvalue weighted by Crippen LogP contribution is 2.32. The Hall–Kier alpha value is -3.76. The van der Waals surface area contributed by atoms with Gasteiger partial charge in [0.05, 0.1) is 6.61 Å². The van der Waals surface area contributed by atoms with E-state index in [-0.39, 0.29) is 25.1 Å². The minimum Gasteiger partial charge on any atom is -0.395 e. The number of carbonyl (C=O) groups excluding carboxylic acids is 1. The van der Waals surface area contributed by atoms with E-state index in [1.807, 2.05) is 6.07 Å². The van der Waals surface area contributed by atoms with Crippen LogP contribution < -0.4 is 20.9 Å². The number of carbonyl (C=O) groups is 1. The molecule has 2 aliphatic rings. The molecular weight excluding hydrogens is 468 g/mol. The Labute approximate surface area is 217 Å². The molecule has 0 aliphatic carbocycles. The first-order chi connectivity index (χ1) is 17.9. The van der Waals surface area contributed by atoms with Gasteiger partial charge in [0.15, 0.2) is 0 Å². The summed E-state index contributed by atoms with van der Waals surface area (Å²) in [6.45, 7) is 6.88. The van der Waals surface area contributed by atoms with Crippen molar-refractivity contribution >= 4 is 23.5 Å². The third-order valence-corrected chi connectivity index (χ3v) is 7.16. The van der Waals surface area contributed by atoms with Gasteiger partial charge in [-0.05, 0) is 49.2 Å². The van der Waals surface area contributed by atoms with Crippen molar-refractivity contribution in [2.24, 2.45) is 0 Å². The molecule has 194 valence electrons. The Balaban J connectivity index is 1.37. The van der Waals surface area contributed by atoms with Crippen molar-refractivity contribution in [2.75, 3.05) is 61.9 Å². The van der Waals surface area contributed by atoms with Gasteiger partial charge in [-0.1, -0.05) is 18.2 Å². The number of fused-ring (bicyclic) bond motifs is 1. The van der Waals surface area contributed by atoms with Crippen LogP contribution in [0.15, 0.2) is 42.6 Å². The van der Waals surface area contributed by atoms with Crippen molar-refractivity contribution in [3.63, 3.8) is 0 Å². The molecule has 1 saturated heterocycles. The van der Waals surface area contributed by atoms with E-state index < -0.39 is 0 Å². The third kappa shape index (κ3) is 5.50. The lowest BCUT2D eigenvalue weighted by Gasteiger charge is -2.37. The number of hydrogen-bond donors (Lipinski definition) is 3. The molecule has 10 heteroatoms. The van der Waals surface area contributed by atoms with Gasteiger partial charge >= 0.3 is 0 Å². The van der Waals surface area contributed by atoms with Gasteiger partial charge in [-0.2, -0.15) is 9.97 Å². The van der Waals surface area contributed by atoms with E-state index in [0.717, 1.165) is 61.9 Å². The van der Waals surface area contributed by atoms with Gasteiger partial charge < -0.3 is 30.9 Å². The van der Waals surface area contributed by atoms with Crippen LogP contribution in [0.5, 0.6) is 0 Å². The predicted molar refractivity (Wildman–Crippen MR) is 145 cm³/mol. The van der Waals surface area contributed by atoms with E-state index in [9.17, 15) is 4.79 Å². The Morgan fingerprint density at radius 3 is 2.54 bits per heavy atom. The number of aliphatic hydroxyl groups is 1. The van der Waals surface area contributed by atoms with Crippen LogP contribution in [0.3, 0.4) is 0 Å². The number of piperazine rings is 1. The molecule has 0 spiro atoms. The van der Waals surface area contributed by atoms with Gasteiger partial charge in [-0.3, -0.25) is 9.78 Å². The molecule has 0 saturated carbocycles. The van der Waals surface area contributed by atoms with E-state index in [1.165, 1.54) is 11.1 Å². The Kier molecular flexibility index (Phi) is 7.20. The third-order valence-electron chi connectivity index (χ3n) is 7.16. The molecule has 0 bridgehead atoms. The maximum absolute atomic E-state index is 12.1. The number of amides is 1. The minimum absolute atomic E-state index is 0.104. The lowest BCUT2D eigenvalue weighted by atomic mass is 9.92. The fourth-order valence-corrected chi connectivity index (χ4v) is 4.97. The first kappa shape index (κ1) is 24.9. The maximum atomic E-state index is 12.1. The van der Waals surface area contributed by atoms with E-state index in [4.69, 9.17) is 10.8 Å². The summed E-state index contributed by atoms with van der Waals surface area (Å²) < 4.78 is 0. The SMILES string of the molecule is CC1Cc2ccc(-c3ccc(C(=O)NCCO)nc3)cc2CN1c1cc(N2CCN(C)CC2)nc(N)n1. The highest BCUT2D eigenvalue weighted by molar-refractivity contribution is 5.92. The number of pyridine rings is 1. The van der Waals surface area contributed by atoms with Crippen LogP contribution >= 0.6 is 0 Å². The Bertz CT molecular complexity index is 1260. The second-order valence-electron chi connectivity index (χ2n) is 9.81. The summed E-state index contributed by atoms with van der Waals surface area (Å²) >= 11 is 0. The Morgan fingerprint density at radius 1 is 1.05 bits per heavy atom. The van der Waals surface area contributed by atoms with Gasteiger partial charge in [0.25, 0.3) is 5.91 Å². The number of nitrogens with zero attached hydrogens (tertiary/aromatic N) is 6. The lowest BCUT2D eigenvalue weighted by molar-refractivity contribution is 0.0940. The largest absolute Gasteiger partial charge is 0.395 e. The lowest BCUT2D eigenvalue weighted by Crippen LogP contribution is -2.45. The fourth-order valence-electron chi connectivity index (χ4n) is 4.97. The molecule has 10 nitrogen and oxygen atoms in total. The van der Waals surface area contributed by atoms with Gasteiger partial charge in [0.2, 0.25) is 5.95 Å². The molecule has 5 rings (SSSR count). The first-order valence-corrected chi connectivity index (χ1v) is 12.7. The smallest absolute Gasteiger partial charge is 0.269 e.